The maximum Gasteiger partial charge on any atom is 0.326 e. The maximum atomic E-state index is 12.9. The van der Waals surface area contributed by atoms with Crippen LogP contribution in [0.5, 0.6) is 0 Å². The molecule has 1 fully saturated rings. The maximum absolute atomic E-state index is 12.9. The molecule has 0 aliphatic carbocycles. The lowest BCUT2D eigenvalue weighted by Crippen LogP contribution is -2.16. The average Bonchev–Trinajstić information content (AvgIpc) is 3.50. The molecule has 31 heavy (non-hydrogen) atoms. The third-order valence-corrected chi connectivity index (χ3v) is 7.50. The lowest BCUT2D eigenvalue weighted by Gasteiger charge is -2.04. The van der Waals surface area contributed by atoms with E-state index in [0.29, 0.717) is 0 Å². The Kier molecular flexibility index (Phi) is 12.1. The molecule has 1 aromatic carbocycles. The summed E-state index contributed by atoms with van der Waals surface area (Å²) in [4.78, 5) is 12.8. The molecule has 0 aromatic heterocycles. The number of aryl methyl sites for hydroxylation is 1. The van der Waals surface area contributed by atoms with Crippen LogP contribution in [-0.4, -0.2) is 33.7 Å². The smallest absolute Gasteiger partial charge is 0.326 e. The molecule has 2 unspecified atom stereocenters. The van der Waals surface area contributed by atoms with Gasteiger partial charge in [0.2, 0.25) is 0 Å². The van der Waals surface area contributed by atoms with Gasteiger partial charge in [-0.2, -0.15) is 4.31 Å². The molecule has 1 aromatic rings. The number of hydrogen-bond acceptors (Lipinski definition) is 3. The highest BCUT2D eigenvalue weighted by atomic mass is 32.2. The minimum atomic E-state index is -1.35. The summed E-state index contributed by atoms with van der Waals surface area (Å²) in [6.45, 7) is 4.27. The molecule has 0 saturated carbocycles. The van der Waals surface area contributed by atoms with Crippen LogP contribution in [0.1, 0.15) is 89.5 Å². The van der Waals surface area contributed by atoms with Gasteiger partial charge in [-0.1, -0.05) is 101 Å². The Bertz CT molecular complexity index is 701. The van der Waals surface area contributed by atoms with E-state index in [-0.39, 0.29) is 12.0 Å². The Balaban J connectivity index is 1.64. The fraction of sp³-hybridized carbons (Fsp3) is 0.654. The van der Waals surface area contributed by atoms with Gasteiger partial charge in [0.15, 0.2) is 0 Å². The Morgan fingerprint density at radius 3 is 2.06 bits per heavy atom. The Labute approximate surface area is 192 Å². The molecular formula is C26H41NO3S. The van der Waals surface area contributed by atoms with Crippen LogP contribution in [0.3, 0.4) is 0 Å². The molecule has 4 atom stereocenters. The first-order chi connectivity index (χ1) is 15.1. The monoisotopic (exact) mass is 447 g/mol. The first kappa shape index (κ1) is 25.8. The fourth-order valence-corrected chi connectivity index (χ4v) is 5.32. The van der Waals surface area contributed by atoms with Gasteiger partial charge in [0.05, 0.1) is 18.0 Å². The van der Waals surface area contributed by atoms with Gasteiger partial charge in [0.25, 0.3) is 0 Å². The van der Waals surface area contributed by atoms with Crippen LogP contribution >= 0.6 is 0 Å². The summed E-state index contributed by atoms with van der Waals surface area (Å²) in [5.41, 5.74) is 1.12. The summed E-state index contributed by atoms with van der Waals surface area (Å²) in [6.07, 6.45) is 19.9. The normalized spacial score (nSPS) is 21.3. The minimum Gasteiger partial charge on any atom is -0.468 e. The lowest BCUT2D eigenvalue weighted by molar-refractivity contribution is -0.140. The summed E-state index contributed by atoms with van der Waals surface area (Å²) in [7, 11) is 0.0384. The number of rotatable bonds is 16. The number of hydrogen-bond donors (Lipinski definition) is 0. The molecule has 0 bridgehead atoms. The third kappa shape index (κ3) is 8.89. The zero-order valence-electron chi connectivity index (χ0n) is 19.7. The van der Waals surface area contributed by atoms with E-state index in [1.807, 2.05) is 37.3 Å². The van der Waals surface area contributed by atoms with Crippen molar-refractivity contribution in [3.05, 3.63) is 42.0 Å². The van der Waals surface area contributed by atoms with Gasteiger partial charge >= 0.3 is 5.97 Å². The summed E-state index contributed by atoms with van der Waals surface area (Å²) < 4.78 is 19.5. The minimum absolute atomic E-state index is 0.137. The molecule has 0 radical (unpaired) electrons. The van der Waals surface area contributed by atoms with Crippen LogP contribution in [0.2, 0.25) is 0 Å². The van der Waals surface area contributed by atoms with Crippen LogP contribution in [0.25, 0.3) is 0 Å². The van der Waals surface area contributed by atoms with Crippen molar-refractivity contribution < 1.29 is 13.7 Å². The Hall–Kier alpha value is -1.46. The molecule has 1 aliphatic heterocycles. The van der Waals surface area contributed by atoms with Crippen molar-refractivity contribution in [1.29, 1.82) is 0 Å². The summed E-state index contributed by atoms with van der Waals surface area (Å²) in [5.74, 6) is -0.315. The van der Waals surface area contributed by atoms with E-state index in [0.717, 1.165) is 16.9 Å². The van der Waals surface area contributed by atoms with E-state index in [2.05, 4.69) is 13.0 Å². The molecular weight excluding hydrogens is 406 g/mol. The fourth-order valence-electron chi connectivity index (χ4n) is 3.93. The first-order valence-electron chi connectivity index (χ1n) is 12.1. The van der Waals surface area contributed by atoms with Crippen molar-refractivity contribution >= 4 is 17.0 Å². The van der Waals surface area contributed by atoms with E-state index in [1.165, 1.54) is 77.7 Å². The number of nitrogens with zero attached hydrogens (tertiary/aromatic N) is 1. The highest BCUT2D eigenvalue weighted by molar-refractivity contribution is 7.83. The van der Waals surface area contributed by atoms with Crippen molar-refractivity contribution in [2.24, 2.45) is 0 Å². The van der Waals surface area contributed by atoms with E-state index >= 15 is 0 Å². The number of esters is 1. The van der Waals surface area contributed by atoms with Crippen LogP contribution in [0.15, 0.2) is 41.3 Å². The number of allylic oxidation sites excluding steroid dienone is 1. The zero-order chi connectivity index (χ0) is 22.5. The second-order valence-corrected chi connectivity index (χ2v) is 10.0. The van der Waals surface area contributed by atoms with E-state index in [9.17, 15) is 9.00 Å². The van der Waals surface area contributed by atoms with Gasteiger partial charge in [0.1, 0.15) is 17.0 Å². The zero-order valence-corrected chi connectivity index (χ0v) is 20.5. The molecule has 174 valence electrons. The van der Waals surface area contributed by atoms with Crippen LogP contribution in [0, 0.1) is 6.92 Å². The topological polar surface area (TPSA) is 46.4 Å². The van der Waals surface area contributed by atoms with Crippen molar-refractivity contribution in [1.82, 2.24) is 4.31 Å². The van der Waals surface area contributed by atoms with Crippen molar-refractivity contribution in [2.75, 3.05) is 7.11 Å². The molecule has 1 saturated heterocycles. The van der Waals surface area contributed by atoms with E-state index < -0.39 is 17.0 Å². The van der Waals surface area contributed by atoms with E-state index in [4.69, 9.17) is 4.74 Å². The highest BCUT2D eigenvalue weighted by Gasteiger charge is 2.55. The first-order valence-corrected chi connectivity index (χ1v) is 13.2. The molecule has 1 heterocycles. The summed E-state index contributed by atoms with van der Waals surface area (Å²) >= 11 is 0. The molecule has 0 spiro atoms. The molecule has 2 rings (SSSR count). The van der Waals surface area contributed by atoms with Gasteiger partial charge in [0, 0.05) is 0 Å². The van der Waals surface area contributed by atoms with Gasteiger partial charge in [-0.15, -0.1) is 0 Å². The van der Waals surface area contributed by atoms with Crippen LogP contribution in [0.4, 0.5) is 0 Å². The molecule has 0 N–H and O–H groups in total. The lowest BCUT2D eigenvalue weighted by atomic mass is 10.1. The van der Waals surface area contributed by atoms with E-state index in [1.54, 1.807) is 4.31 Å². The van der Waals surface area contributed by atoms with Gasteiger partial charge in [-0.05, 0) is 31.9 Å². The number of unbranched alkanes of at least 4 members (excludes halogenated alkanes) is 11. The van der Waals surface area contributed by atoms with Crippen molar-refractivity contribution in [3.63, 3.8) is 0 Å². The Morgan fingerprint density at radius 2 is 1.52 bits per heavy atom. The van der Waals surface area contributed by atoms with Crippen molar-refractivity contribution in [3.8, 4) is 0 Å². The largest absolute Gasteiger partial charge is 0.468 e. The van der Waals surface area contributed by atoms with Gasteiger partial charge < -0.3 is 4.74 Å². The molecule has 4 nitrogen and oxygen atoms in total. The van der Waals surface area contributed by atoms with Crippen LogP contribution < -0.4 is 0 Å². The standard InChI is InChI=1S/C26H41NO3S/c1-4-5-6-7-8-9-10-11-12-13-14-15-16-17-24-25(26(28)30-3)27(24)31(29)23-20-18-22(2)19-21-23/h16-21,24-25H,4-15H2,1-3H3/b17-16+/t24-,25-,27?,31?/m1/s1. The quantitative estimate of drug-likeness (QED) is 0.126. The number of methoxy groups -OCH3 is 1. The average molecular weight is 448 g/mol. The van der Waals surface area contributed by atoms with Gasteiger partial charge in [-0.3, -0.25) is 4.79 Å². The van der Waals surface area contributed by atoms with Crippen LogP contribution in [-0.2, 0) is 20.5 Å². The third-order valence-electron chi connectivity index (χ3n) is 5.97. The van der Waals surface area contributed by atoms with Crippen molar-refractivity contribution in [2.45, 2.75) is 108 Å². The highest BCUT2D eigenvalue weighted by Crippen LogP contribution is 2.35. The number of benzene rings is 1. The number of carbonyl (C=O) groups is 1. The predicted octanol–water partition coefficient (Wildman–Crippen LogP) is 6.50. The number of carbonyl (C=O) groups excluding carboxylic acids is 1. The SMILES string of the molecule is CCCCCCCCCCCCC/C=C/[C@@H]1[C@H](C(=O)OC)N1S(=O)c1ccc(C)cc1. The molecule has 0 amide bonds. The Morgan fingerprint density at radius 1 is 0.968 bits per heavy atom. The second-order valence-electron chi connectivity index (χ2n) is 8.63. The van der Waals surface area contributed by atoms with Gasteiger partial charge in [-0.25, -0.2) is 4.21 Å². The predicted molar refractivity (Wildman–Crippen MR) is 129 cm³/mol. The molecule has 1 aliphatic rings. The molecule has 5 heteroatoms. The second kappa shape index (κ2) is 14.6. The summed E-state index contributed by atoms with van der Waals surface area (Å²) in [6, 6.07) is 7.04. The summed E-state index contributed by atoms with van der Waals surface area (Å²) in [5, 5.41) is 0. The number of ether oxygens (including phenoxy) is 1.